The van der Waals surface area contributed by atoms with Crippen molar-refractivity contribution in [2.24, 2.45) is 0 Å². The topological polar surface area (TPSA) is 123 Å². The van der Waals surface area contributed by atoms with Crippen molar-refractivity contribution >= 4 is 23.3 Å². The summed E-state index contributed by atoms with van der Waals surface area (Å²) in [6, 6.07) is 6.19. The minimum Gasteiger partial charge on any atom is -0.474 e. The van der Waals surface area contributed by atoms with E-state index in [1.807, 2.05) is 13.0 Å². The van der Waals surface area contributed by atoms with E-state index in [9.17, 15) is 9.18 Å². The standard InChI is InChI=1S/C19H21FN6O3/c1-2-22-15-8-16(14(20)7-12(15)10-21)25-17-9-18(24-11-23-17)29-13-3-5-26(6-4-13)19(27)28/h7-9,11,13,22H,2-6H2,1H3,(H,27,28)(H,23,24,25). The number of amides is 1. The van der Waals surface area contributed by atoms with E-state index >= 15 is 0 Å². The molecule has 1 aliphatic rings. The summed E-state index contributed by atoms with van der Waals surface area (Å²) < 4.78 is 20.2. The molecule has 152 valence electrons. The highest BCUT2D eigenvalue weighted by molar-refractivity contribution is 5.69. The van der Waals surface area contributed by atoms with Gasteiger partial charge in [0.1, 0.15) is 30.1 Å². The first-order valence-corrected chi connectivity index (χ1v) is 9.21. The van der Waals surface area contributed by atoms with Crippen molar-refractivity contribution in [3.63, 3.8) is 0 Å². The van der Waals surface area contributed by atoms with E-state index in [1.54, 1.807) is 6.07 Å². The Morgan fingerprint density at radius 2 is 2.10 bits per heavy atom. The molecule has 3 N–H and O–H groups in total. The molecule has 0 atom stereocenters. The van der Waals surface area contributed by atoms with Crippen LogP contribution in [-0.4, -0.2) is 51.8 Å². The molecule has 0 aliphatic carbocycles. The van der Waals surface area contributed by atoms with Crippen molar-refractivity contribution in [3.05, 3.63) is 35.9 Å². The molecule has 2 aromatic rings. The maximum absolute atomic E-state index is 14.3. The molecular formula is C19H21FN6O3. The summed E-state index contributed by atoms with van der Waals surface area (Å²) in [6.45, 7) is 3.28. The van der Waals surface area contributed by atoms with Crippen LogP contribution in [0.15, 0.2) is 24.5 Å². The third-order valence-corrected chi connectivity index (χ3v) is 4.50. The van der Waals surface area contributed by atoms with Crippen molar-refractivity contribution in [1.29, 1.82) is 5.26 Å². The summed E-state index contributed by atoms with van der Waals surface area (Å²) in [5.74, 6) is 0.0755. The highest BCUT2D eigenvalue weighted by atomic mass is 19.1. The van der Waals surface area contributed by atoms with Crippen LogP contribution in [0.2, 0.25) is 0 Å². The Hall–Kier alpha value is -3.61. The zero-order valence-electron chi connectivity index (χ0n) is 15.9. The fourth-order valence-electron chi connectivity index (χ4n) is 3.04. The van der Waals surface area contributed by atoms with E-state index in [0.29, 0.717) is 49.9 Å². The van der Waals surface area contributed by atoms with Gasteiger partial charge in [-0.05, 0) is 19.1 Å². The highest BCUT2D eigenvalue weighted by Gasteiger charge is 2.23. The molecule has 1 fully saturated rings. The van der Waals surface area contributed by atoms with E-state index in [4.69, 9.17) is 15.1 Å². The van der Waals surface area contributed by atoms with Gasteiger partial charge in [-0.1, -0.05) is 0 Å². The van der Waals surface area contributed by atoms with Crippen LogP contribution in [0.5, 0.6) is 5.88 Å². The molecule has 1 aromatic heterocycles. The van der Waals surface area contributed by atoms with Gasteiger partial charge in [0, 0.05) is 38.5 Å². The number of carbonyl (C=O) groups is 1. The molecule has 0 spiro atoms. The molecule has 2 heterocycles. The average molecular weight is 400 g/mol. The molecule has 1 aromatic carbocycles. The Bertz CT molecular complexity index is 925. The smallest absolute Gasteiger partial charge is 0.407 e. The van der Waals surface area contributed by atoms with E-state index in [-0.39, 0.29) is 17.4 Å². The van der Waals surface area contributed by atoms with Gasteiger partial charge in [0.25, 0.3) is 0 Å². The van der Waals surface area contributed by atoms with Gasteiger partial charge in [0.05, 0.1) is 16.9 Å². The molecule has 3 rings (SSSR count). The van der Waals surface area contributed by atoms with Crippen LogP contribution in [0.1, 0.15) is 25.3 Å². The van der Waals surface area contributed by atoms with Crippen molar-refractivity contribution in [1.82, 2.24) is 14.9 Å². The summed E-state index contributed by atoms with van der Waals surface area (Å²) in [5.41, 5.74) is 0.906. The molecule has 0 unspecified atom stereocenters. The number of halogens is 1. The van der Waals surface area contributed by atoms with Crippen molar-refractivity contribution in [2.75, 3.05) is 30.3 Å². The van der Waals surface area contributed by atoms with Crippen LogP contribution in [-0.2, 0) is 0 Å². The lowest BCUT2D eigenvalue weighted by Crippen LogP contribution is -2.41. The summed E-state index contributed by atoms with van der Waals surface area (Å²) >= 11 is 0. The Balaban J connectivity index is 1.70. The Morgan fingerprint density at radius 3 is 2.76 bits per heavy atom. The highest BCUT2D eigenvalue weighted by Crippen LogP contribution is 2.27. The van der Waals surface area contributed by atoms with Gasteiger partial charge in [-0.25, -0.2) is 19.2 Å². The number of anilines is 3. The number of nitrogens with one attached hydrogen (secondary N) is 2. The van der Waals surface area contributed by atoms with Gasteiger partial charge in [-0.2, -0.15) is 5.26 Å². The Kier molecular flexibility index (Phi) is 6.29. The molecule has 0 bridgehead atoms. The predicted octanol–water partition coefficient (Wildman–Crippen LogP) is 3.18. The summed E-state index contributed by atoms with van der Waals surface area (Å²) in [4.78, 5) is 20.5. The second-order valence-corrected chi connectivity index (χ2v) is 6.47. The molecule has 10 heteroatoms. The van der Waals surface area contributed by atoms with Gasteiger partial charge in [0.2, 0.25) is 5.88 Å². The average Bonchev–Trinajstić information content (AvgIpc) is 2.71. The maximum atomic E-state index is 14.3. The number of nitriles is 1. The summed E-state index contributed by atoms with van der Waals surface area (Å²) in [5, 5.41) is 24.0. The van der Waals surface area contributed by atoms with Crippen LogP contribution in [0.25, 0.3) is 0 Å². The van der Waals surface area contributed by atoms with E-state index < -0.39 is 11.9 Å². The first kappa shape index (κ1) is 20.1. The van der Waals surface area contributed by atoms with E-state index in [2.05, 4.69) is 20.6 Å². The minimum atomic E-state index is -0.932. The number of aromatic nitrogens is 2. The van der Waals surface area contributed by atoms with E-state index in [1.165, 1.54) is 17.3 Å². The van der Waals surface area contributed by atoms with Crippen LogP contribution < -0.4 is 15.4 Å². The van der Waals surface area contributed by atoms with Gasteiger partial charge in [-0.3, -0.25) is 0 Å². The largest absolute Gasteiger partial charge is 0.474 e. The zero-order chi connectivity index (χ0) is 20.8. The lowest BCUT2D eigenvalue weighted by Gasteiger charge is -2.29. The number of piperidine rings is 1. The molecule has 29 heavy (non-hydrogen) atoms. The lowest BCUT2D eigenvalue weighted by atomic mass is 10.1. The Morgan fingerprint density at radius 1 is 1.34 bits per heavy atom. The number of likely N-dealkylation sites (tertiary alicyclic amines) is 1. The first-order valence-electron chi connectivity index (χ1n) is 9.21. The zero-order valence-corrected chi connectivity index (χ0v) is 15.9. The number of ether oxygens (including phenoxy) is 1. The third-order valence-electron chi connectivity index (χ3n) is 4.50. The van der Waals surface area contributed by atoms with Gasteiger partial charge in [0.15, 0.2) is 0 Å². The van der Waals surface area contributed by atoms with Crippen LogP contribution in [0, 0.1) is 17.1 Å². The lowest BCUT2D eigenvalue weighted by molar-refractivity contribution is 0.0870. The van der Waals surface area contributed by atoms with Crippen molar-refractivity contribution in [2.45, 2.75) is 25.9 Å². The number of nitrogens with zero attached hydrogens (tertiary/aromatic N) is 4. The van der Waals surface area contributed by atoms with Crippen LogP contribution in [0.4, 0.5) is 26.4 Å². The van der Waals surface area contributed by atoms with Crippen molar-refractivity contribution < 1.29 is 19.0 Å². The summed E-state index contributed by atoms with van der Waals surface area (Å²) in [6.07, 6.45) is 1.35. The number of hydrogen-bond donors (Lipinski definition) is 3. The second-order valence-electron chi connectivity index (χ2n) is 6.47. The van der Waals surface area contributed by atoms with Crippen LogP contribution in [0.3, 0.4) is 0 Å². The van der Waals surface area contributed by atoms with E-state index in [0.717, 1.165) is 6.07 Å². The molecule has 1 amide bonds. The number of hydrogen-bond acceptors (Lipinski definition) is 7. The van der Waals surface area contributed by atoms with Crippen LogP contribution >= 0.6 is 0 Å². The predicted molar refractivity (Wildman–Crippen MR) is 104 cm³/mol. The normalized spacial score (nSPS) is 14.2. The molecular weight excluding hydrogens is 379 g/mol. The van der Waals surface area contributed by atoms with Crippen molar-refractivity contribution in [3.8, 4) is 11.9 Å². The quantitative estimate of drug-likeness (QED) is 0.675. The molecule has 0 radical (unpaired) electrons. The SMILES string of the molecule is CCNc1cc(Nc2cc(OC3CCN(C(=O)O)CC3)ncn2)c(F)cc1C#N. The number of benzene rings is 1. The fourth-order valence-corrected chi connectivity index (χ4v) is 3.04. The fraction of sp³-hybridized carbons (Fsp3) is 0.368. The second kappa shape index (κ2) is 9.05. The number of carboxylic acid groups (broad SMARTS) is 1. The first-order chi connectivity index (χ1) is 14.0. The van der Waals surface area contributed by atoms with Gasteiger partial charge in [-0.15, -0.1) is 0 Å². The summed E-state index contributed by atoms with van der Waals surface area (Å²) in [7, 11) is 0. The molecule has 1 saturated heterocycles. The minimum absolute atomic E-state index is 0.152. The Labute approximate surface area is 167 Å². The monoisotopic (exact) mass is 400 g/mol. The third kappa shape index (κ3) is 5.01. The number of rotatable bonds is 6. The molecule has 9 nitrogen and oxygen atoms in total. The van der Waals surface area contributed by atoms with Gasteiger partial charge >= 0.3 is 6.09 Å². The molecule has 0 saturated carbocycles. The molecule has 1 aliphatic heterocycles. The van der Waals surface area contributed by atoms with Gasteiger partial charge < -0.3 is 25.4 Å². The maximum Gasteiger partial charge on any atom is 0.407 e.